The number of nitrogens with one attached hydrogen (secondary N) is 1. The molecule has 50 valence electrons. The Bertz CT molecular complexity index is 69.4. The molecule has 4 nitrogen and oxygen atoms in total. The molecule has 0 atom stereocenters. The molecule has 0 radical (unpaired) electrons. The van der Waals surface area contributed by atoms with Gasteiger partial charge in [0.2, 0.25) is 6.29 Å². The molecule has 0 spiro atoms. The van der Waals surface area contributed by atoms with Crippen LogP contribution in [0.5, 0.6) is 0 Å². The van der Waals surface area contributed by atoms with E-state index in [1.54, 1.807) is 14.1 Å². The second-order valence-electron chi connectivity index (χ2n) is 2.03. The standard InChI is InChI=1S/C3H10NO3P/c1-4(2)3-8(5,6)7/h3H2,1-2H3,(H2,5,6,7)/p+1. The van der Waals surface area contributed by atoms with Crippen LogP contribution in [-0.4, -0.2) is 30.2 Å². The molecule has 5 heteroatoms. The fourth-order valence-corrected chi connectivity index (χ4v) is 1.24. The highest BCUT2D eigenvalue weighted by Gasteiger charge is 2.21. The van der Waals surface area contributed by atoms with Crippen molar-refractivity contribution in [3.63, 3.8) is 0 Å². The summed E-state index contributed by atoms with van der Waals surface area (Å²) in [6, 6.07) is 0. The van der Waals surface area contributed by atoms with Gasteiger partial charge in [0, 0.05) is 0 Å². The second-order valence-corrected chi connectivity index (χ2v) is 3.68. The maximum absolute atomic E-state index is 10.1. The molecular weight excluding hydrogens is 129 g/mol. The second kappa shape index (κ2) is 2.71. The van der Waals surface area contributed by atoms with Gasteiger partial charge in [-0.05, 0) is 0 Å². The minimum Gasteiger partial charge on any atom is -0.627 e. The van der Waals surface area contributed by atoms with Crippen LogP contribution in [0.3, 0.4) is 0 Å². The van der Waals surface area contributed by atoms with Crippen molar-refractivity contribution in [1.29, 1.82) is 0 Å². The zero-order chi connectivity index (χ0) is 6.78. The van der Waals surface area contributed by atoms with E-state index >= 15 is 0 Å². The molecule has 0 rings (SSSR count). The predicted molar refractivity (Wildman–Crippen MR) is 29.0 cm³/mol. The zero-order valence-electron chi connectivity index (χ0n) is 4.96. The summed E-state index contributed by atoms with van der Waals surface area (Å²) in [6.07, 6.45) is -0.0903. The third-order valence-electron chi connectivity index (χ3n) is 0.522. The van der Waals surface area contributed by atoms with Gasteiger partial charge in [-0.25, -0.2) is 9.79 Å². The van der Waals surface area contributed by atoms with Crippen molar-refractivity contribution >= 4 is 7.94 Å². The lowest BCUT2D eigenvalue weighted by atomic mass is 11.0. The average molecular weight is 140 g/mol. The van der Waals surface area contributed by atoms with Crippen LogP contribution in [0.4, 0.5) is 0 Å². The molecule has 0 aliphatic carbocycles. The molecule has 0 unspecified atom stereocenters. The Labute approximate surface area is 49.0 Å². The third-order valence-corrected chi connectivity index (χ3v) is 1.57. The lowest BCUT2D eigenvalue weighted by Crippen LogP contribution is -3.05. The van der Waals surface area contributed by atoms with Crippen LogP contribution in [0.25, 0.3) is 0 Å². The molecule has 0 aromatic rings. The topological polar surface area (TPSA) is 68.0 Å². The normalized spacial score (nSPS) is 12.8. The van der Waals surface area contributed by atoms with Crippen LogP contribution in [0.1, 0.15) is 0 Å². The highest BCUT2D eigenvalue weighted by molar-refractivity contribution is 7.56. The van der Waals surface area contributed by atoms with Crippen LogP contribution >= 0.6 is 7.94 Å². The van der Waals surface area contributed by atoms with Crippen molar-refractivity contribution in [1.82, 2.24) is 0 Å². The van der Waals surface area contributed by atoms with E-state index in [9.17, 15) is 4.89 Å². The summed E-state index contributed by atoms with van der Waals surface area (Å²) >= 11 is 0. The minimum atomic E-state index is -3.76. The summed E-state index contributed by atoms with van der Waals surface area (Å²) in [4.78, 5) is 27.4. The van der Waals surface area contributed by atoms with E-state index in [2.05, 4.69) is 0 Å². The van der Waals surface area contributed by atoms with Crippen molar-refractivity contribution in [3.8, 4) is 0 Å². The third kappa shape index (κ3) is 6.27. The molecular formula is C3H11NO3P+. The van der Waals surface area contributed by atoms with Crippen molar-refractivity contribution in [2.45, 2.75) is 0 Å². The van der Waals surface area contributed by atoms with Crippen molar-refractivity contribution in [2.75, 3.05) is 20.4 Å². The smallest absolute Gasteiger partial charge is 0.286 e. The molecule has 0 fully saturated rings. The first-order valence-corrected chi connectivity index (χ1v) is 4.05. The molecule has 8 heavy (non-hydrogen) atoms. The largest absolute Gasteiger partial charge is 0.627 e. The fourth-order valence-electron chi connectivity index (χ4n) is 0.412. The predicted octanol–water partition coefficient (Wildman–Crippen LogP) is -2.80. The molecule has 0 aliphatic heterocycles. The number of quaternary nitrogens is 1. The average Bonchev–Trinajstić information content (AvgIpc) is 1.21. The van der Waals surface area contributed by atoms with Crippen LogP contribution in [-0.2, 0) is 0 Å². The van der Waals surface area contributed by atoms with Gasteiger partial charge in [-0.1, -0.05) is 0 Å². The van der Waals surface area contributed by atoms with Gasteiger partial charge in [0.25, 0.3) is 7.94 Å². The monoisotopic (exact) mass is 140 g/mol. The van der Waals surface area contributed by atoms with Crippen LogP contribution < -0.4 is 9.79 Å². The Morgan fingerprint density at radius 3 is 1.88 bits per heavy atom. The van der Waals surface area contributed by atoms with E-state index in [-0.39, 0.29) is 6.29 Å². The van der Waals surface area contributed by atoms with Gasteiger partial charge in [0.05, 0.1) is 14.1 Å². The number of hydrogen-bond donors (Lipinski definition) is 3. The Morgan fingerprint density at radius 1 is 1.50 bits per heavy atom. The van der Waals surface area contributed by atoms with Gasteiger partial charge < -0.3 is 9.79 Å². The molecule has 0 aromatic carbocycles. The van der Waals surface area contributed by atoms with Gasteiger partial charge in [0.15, 0.2) is 0 Å². The zero-order valence-corrected chi connectivity index (χ0v) is 5.85. The molecule has 0 aliphatic rings. The Kier molecular flexibility index (Phi) is 2.80. The molecule has 0 heterocycles. The van der Waals surface area contributed by atoms with Crippen molar-refractivity contribution in [2.24, 2.45) is 0 Å². The summed E-state index contributed by atoms with van der Waals surface area (Å²) in [5.41, 5.74) is 0. The molecule has 0 saturated heterocycles. The van der Waals surface area contributed by atoms with E-state index in [1.807, 2.05) is 0 Å². The van der Waals surface area contributed by atoms with E-state index in [1.165, 1.54) is 0 Å². The summed E-state index contributed by atoms with van der Waals surface area (Å²) in [6.45, 7) is 0. The van der Waals surface area contributed by atoms with Gasteiger partial charge in [-0.2, -0.15) is 0 Å². The lowest BCUT2D eigenvalue weighted by molar-refractivity contribution is -0.848. The lowest BCUT2D eigenvalue weighted by Gasteiger charge is -2.15. The highest BCUT2D eigenvalue weighted by atomic mass is 31.2. The Morgan fingerprint density at radius 2 is 1.88 bits per heavy atom. The molecule has 0 aromatic heterocycles. The molecule has 0 amide bonds. The quantitative estimate of drug-likeness (QED) is 0.363. The highest BCUT2D eigenvalue weighted by Crippen LogP contribution is 2.35. The number of hydrogen-bond acceptors (Lipinski definition) is 3. The Balaban J connectivity index is 3.39. The maximum atomic E-state index is 10.1. The van der Waals surface area contributed by atoms with Crippen LogP contribution in [0.15, 0.2) is 0 Å². The van der Waals surface area contributed by atoms with Gasteiger partial charge in [-0.15, -0.1) is 0 Å². The van der Waals surface area contributed by atoms with E-state index in [0.29, 0.717) is 0 Å². The van der Waals surface area contributed by atoms with E-state index in [4.69, 9.17) is 9.79 Å². The van der Waals surface area contributed by atoms with Crippen LogP contribution in [0.2, 0.25) is 0 Å². The first-order chi connectivity index (χ1) is 3.42. The first-order valence-electron chi connectivity index (χ1n) is 2.25. The minimum absolute atomic E-state index is 0.0903. The summed E-state index contributed by atoms with van der Waals surface area (Å²) in [5.74, 6) is 0. The summed E-state index contributed by atoms with van der Waals surface area (Å²) in [5, 5.41) is 0. The van der Waals surface area contributed by atoms with Gasteiger partial charge in [-0.3, -0.25) is 0 Å². The van der Waals surface area contributed by atoms with Crippen molar-refractivity contribution in [3.05, 3.63) is 0 Å². The molecule has 3 N–H and O–H groups in total. The summed E-state index contributed by atoms with van der Waals surface area (Å²) in [7, 11) is -0.372. The Hall–Kier alpha value is 0.270. The summed E-state index contributed by atoms with van der Waals surface area (Å²) < 4.78 is 0. The fraction of sp³-hybridized carbons (Fsp3) is 1.00. The van der Waals surface area contributed by atoms with E-state index in [0.717, 1.165) is 4.90 Å². The van der Waals surface area contributed by atoms with Gasteiger partial charge in [0.1, 0.15) is 0 Å². The van der Waals surface area contributed by atoms with Gasteiger partial charge >= 0.3 is 0 Å². The maximum Gasteiger partial charge on any atom is 0.286 e. The molecule has 0 bridgehead atoms. The van der Waals surface area contributed by atoms with Crippen LogP contribution in [0, 0.1) is 0 Å². The SMILES string of the molecule is C[NH+](C)C[P+]([O-])(O)O. The number of rotatable bonds is 2. The first kappa shape index (κ1) is 8.27. The van der Waals surface area contributed by atoms with Crippen molar-refractivity contribution < 1.29 is 19.6 Å². The molecule has 0 saturated carbocycles. The van der Waals surface area contributed by atoms with E-state index < -0.39 is 7.94 Å².